The summed E-state index contributed by atoms with van der Waals surface area (Å²) in [6, 6.07) is 6.22. The molecule has 3 aromatic rings. The number of nitrogens with one attached hydrogen (secondary N) is 1. The molecule has 6 rings (SSSR count). The number of carbonyl (C=O) groups is 1. The van der Waals surface area contributed by atoms with Gasteiger partial charge in [0, 0.05) is 49.3 Å². The van der Waals surface area contributed by atoms with Crippen molar-refractivity contribution in [2.75, 3.05) is 6.61 Å². The SMILES string of the molecule is CCc1onc(OCCCc2ncc(C3=C(C(=O)N(Cc4cccc(Cl)c4Cl)C4CC4)[C@H]4CC[C@@H](C3)N4)s2)c1F. The van der Waals surface area contributed by atoms with Gasteiger partial charge in [0.25, 0.3) is 11.8 Å². The van der Waals surface area contributed by atoms with Crippen LogP contribution in [0.2, 0.25) is 10.0 Å². The minimum atomic E-state index is -0.526. The van der Waals surface area contributed by atoms with Crippen molar-refractivity contribution >= 4 is 46.0 Å². The molecule has 2 atom stereocenters. The van der Waals surface area contributed by atoms with Crippen LogP contribution in [0.1, 0.15) is 66.7 Å². The maximum absolute atomic E-state index is 14.2. The topological polar surface area (TPSA) is 80.5 Å². The Hall–Kier alpha value is -2.46. The summed E-state index contributed by atoms with van der Waals surface area (Å²) in [7, 11) is 0. The van der Waals surface area contributed by atoms with Crippen LogP contribution in [0.3, 0.4) is 0 Å². The number of nitrogens with zero attached hydrogens (tertiary/aromatic N) is 3. The fourth-order valence-corrected chi connectivity index (χ4v) is 7.02. The lowest BCUT2D eigenvalue weighted by Crippen LogP contribution is -2.44. The number of rotatable bonds is 11. The number of aryl methyl sites for hydroxylation is 2. The average molecular weight is 606 g/mol. The van der Waals surface area contributed by atoms with Gasteiger partial charge in [-0.3, -0.25) is 4.79 Å². The van der Waals surface area contributed by atoms with E-state index in [4.69, 9.17) is 32.5 Å². The molecule has 1 saturated carbocycles. The highest BCUT2D eigenvalue weighted by atomic mass is 35.5. The Bertz CT molecular complexity index is 1440. The van der Waals surface area contributed by atoms with E-state index in [1.807, 2.05) is 23.2 Å². The second kappa shape index (κ2) is 11.8. The van der Waals surface area contributed by atoms with Gasteiger partial charge < -0.3 is 19.5 Å². The fourth-order valence-electron chi connectivity index (χ4n) is 5.61. The van der Waals surface area contributed by atoms with Gasteiger partial charge in [-0.05, 0) is 60.9 Å². The summed E-state index contributed by atoms with van der Waals surface area (Å²) < 4.78 is 24.5. The molecule has 7 nitrogen and oxygen atoms in total. The van der Waals surface area contributed by atoms with Crippen LogP contribution in [-0.4, -0.2) is 45.7 Å². The van der Waals surface area contributed by atoms with E-state index < -0.39 is 5.82 Å². The van der Waals surface area contributed by atoms with E-state index in [0.717, 1.165) is 58.7 Å². The molecular formula is C29H31Cl2FN4O3S. The maximum Gasteiger partial charge on any atom is 0.291 e. The number of amides is 1. The second-order valence-corrected chi connectivity index (χ2v) is 12.5. The number of halogens is 3. The summed E-state index contributed by atoms with van der Waals surface area (Å²) in [6.07, 6.45) is 8.48. The molecule has 2 aromatic heterocycles. The summed E-state index contributed by atoms with van der Waals surface area (Å²) in [6.45, 7) is 2.55. The van der Waals surface area contributed by atoms with Crippen LogP contribution in [-0.2, 0) is 24.2 Å². The number of ether oxygens (including phenoxy) is 1. The zero-order valence-electron chi connectivity index (χ0n) is 22.2. The summed E-state index contributed by atoms with van der Waals surface area (Å²) in [4.78, 5) is 21.9. The van der Waals surface area contributed by atoms with Crippen LogP contribution >= 0.6 is 34.5 Å². The first-order chi connectivity index (χ1) is 19.4. The molecule has 1 aromatic carbocycles. The van der Waals surface area contributed by atoms with Crippen LogP contribution in [0.25, 0.3) is 5.57 Å². The van der Waals surface area contributed by atoms with Gasteiger partial charge >= 0.3 is 0 Å². The van der Waals surface area contributed by atoms with Crippen LogP contribution in [0.4, 0.5) is 4.39 Å². The van der Waals surface area contributed by atoms with Crippen molar-refractivity contribution in [3.05, 3.63) is 67.0 Å². The molecule has 0 radical (unpaired) electrons. The third-order valence-corrected chi connectivity index (χ3v) is 9.81. The van der Waals surface area contributed by atoms with Crippen molar-refractivity contribution < 1.29 is 18.4 Å². The summed E-state index contributed by atoms with van der Waals surface area (Å²) in [5, 5.41) is 9.29. The van der Waals surface area contributed by atoms with Crippen molar-refractivity contribution in [1.82, 2.24) is 20.4 Å². The first kappa shape index (κ1) is 27.7. The van der Waals surface area contributed by atoms with E-state index in [-0.39, 0.29) is 29.6 Å². The predicted octanol–water partition coefficient (Wildman–Crippen LogP) is 6.62. The second-order valence-electron chi connectivity index (χ2n) is 10.6. The van der Waals surface area contributed by atoms with Crippen LogP contribution in [0.15, 0.2) is 34.5 Å². The van der Waals surface area contributed by atoms with Gasteiger partial charge in [-0.1, -0.05) is 42.3 Å². The first-order valence-electron chi connectivity index (χ1n) is 13.9. The smallest absolute Gasteiger partial charge is 0.291 e. The maximum atomic E-state index is 14.2. The molecule has 212 valence electrons. The molecule has 1 amide bonds. The number of hydrogen-bond acceptors (Lipinski definition) is 7. The van der Waals surface area contributed by atoms with Gasteiger partial charge in [0.2, 0.25) is 5.82 Å². The zero-order chi connectivity index (χ0) is 27.8. The van der Waals surface area contributed by atoms with E-state index in [1.54, 1.807) is 24.3 Å². The van der Waals surface area contributed by atoms with Gasteiger partial charge in [0.05, 0.1) is 26.5 Å². The highest BCUT2D eigenvalue weighted by Crippen LogP contribution is 2.42. The van der Waals surface area contributed by atoms with E-state index in [1.165, 1.54) is 0 Å². The van der Waals surface area contributed by atoms with Gasteiger partial charge in [0.1, 0.15) is 0 Å². The Balaban J connectivity index is 1.19. The van der Waals surface area contributed by atoms with Crippen molar-refractivity contribution in [3.8, 4) is 5.88 Å². The van der Waals surface area contributed by atoms with Crippen molar-refractivity contribution in [1.29, 1.82) is 0 Å². The third-order valence-electron chi connectivity index (χ3n) is 7.83. The van der Waals surface area contributed by atoms with Crippen molar-refractivity contribution in [2.24, 2.45) is 0 Å². The van der Waals surface area contributed by atoms with Crippen LogP contribution in [0.5, 0.6) is 5.88 Å². The third kappa shape index (κ3) is 5.66. The lowest BCUT2D eigenvalue weighted by atomic mass is 9.93. The quantitative estimate of drug-likeness (QED) is 0.248. The Kier molecular flexibility index (Phi) is 8.17. The zero-order valence-corrected chi connectivity index (χ0v) is 24.5. The van der Waals surface area contributed by atoms with E-state index in [0.29, 0.717) is 48.5 Å². The Labute approximate surface area is 246 Å². The molecule has 2 aliphatic heterocycles. The number of thiazole rings is 1. The minimum absolute atomic E-state index is 0.0432. The molecule has 4 heterocycles. The minimum Gasteiger partial charge on any atom is -0.473 e. The molecule has 3 aliphatic rings. The number of benzene rings is 1. The number of carbonyl (C=O) groups excluding carboxylic acids is 1. The summed E-state index contributed by atoms with van der Waals surface area (Å²) in [5.41, 5.74) is 2.84. The molecule has 1 aliphatic carbocycles. The van der Waals surface area contributed by atoms with E-state index in [2.05, 4.69) is 15.5 Å². The number of fused-ring (bicyclic) bond motifs is 2. The lowest BCUT2D eigenvalue weighted by Gasteiger charge is -2.31. The lowest BCUT2D eigenvalue weighted by molar-refractivity contribution is -0.128. The van der Waals surface area contributed by atoms with Gasteiger partial charge in [-0.15, -0.1) is 11.3 Å². The van der Waals surface area contributed by atoms with Gasteiger partial charge in [-0.2, -0.15) is 4.39 Å². The normalized spacial score (nSPS) is 20.3. The fraction of sp³-hybridized carbons (Fsp3) is 0.483. The molecule has 0 unspecified atom stereocenters. The molecule has 2 fully saturated rings. The van der Waals surface area contributed by atoms with Gasteiger partial charge in [0.15, 0.2) is 5.76 Å². The molecule has 1 N–H and O–H groups in total. The number of hydrogen-bond donors (Lipinski definition) is 1. The number of aromatic nitrogens is 2. The molecule has 2 bridgehead atoms. The monoisotopic (exact) mass is 604 g/mol. The largest absolute Gasteiger partial charge is 0.473 e. The van der Waals surface area contributed by atoms with Crippen molar-refractivity contribution in [2.45, 2.75) is 83.0 Å². The Morgan fingerprint density at radius 2 is 2.12 bits per heavy atom. The predicted molar refractivity (Wildman–Crippen MR) is 153 cm³/mol. The van der Waals surface area contributed by atoms with Crippen LogP contribution < -0.4 is 10.1 Å². The standard InChI is InChI=1S/C29H31Cl2FN4O3S/c1-2-22-27(32)28(35-39-22)38-12-4-7-24-33-14-23(40-24)19-13-17-8-11-21(34-17)25(19)29(37)36(18-9-10-18)15-16-5-3-6-20(30)26(16)31/h3,5-6,14,17-18,21,34H,2,4,7-13,15H2,1H3/t17-,21+/m0/s1. The summed E-state index contributed by atoms with van der Waals surface area (Å²) >= 11 is 14.4. The van der Waals surface area contributed by atoms with E-state index >= 15 is 0 Å². The molecular weight excluding hydrogens is 574 g/mol. The first-order valence-corrected chi connectivity index (χ1v) is 15.4. The highest BCUT2D eigenvalue weighted by molar-refractivity contribution is 7.12. The molecule has 11 heteroatoms. The average Bonchev–Trinajstić information content (AvgIpc) is 3.40. The molecule has 0 spiro atoms. The van der Waals surface area contributed by atoms with Gasteiger partial charge in [-0.25, -0.2) is 4.98 Å². The molecule has 40 heavy (non-hydrogen) atoms. The van der Waals surface area contributed by atoms with Crippen LogP contribution in [0, 0.1) is 5.82 Å². The Morgan fingerprint density at radius 1 is 1.27 bits per heavy atom. The van der Waals surface area contributed by atoms with E-state index in [9.17, 15) is 9.18 Å². The highest BCUT2D eigenvalue weighted by Gasteiger charge is 2.42. The summed E-state index contributed by atoms with van der Waals surface area (Å²) in [5.74, 6) is -0.336. The van der Waals surface area contributed by atoms with Crippen molar-refractivity contribution in [3.63, 3.8) is 0 Å². The molecule has 1 saturated heterocycles. The Morgan fingerprint density at radius 3 is 2.90 bits per heavy atom.